The Hall–Kier alpha value is -2.16. The molecule has 108 valence electrons. The van der Waals surface area contributed by atoms with Crippen LogP contribution in [0.15, 0.2) is 53.8 Å². The van der Waals surface area contributed by atoms with Crippen LogP contribution in [0.2, 0.25) is 0 Å². The van der Waals surface area contributed by atoms with Crippen LogP contribution in [0.5, 0.6) is 5.75 Å². The Bertz CT molecular complexity index is 645. The molecule has 1 aliphatic rings. The fourth-order valence-electron chi connectivity index (χ4n) is 3.00. The predicted octanol–water partition coefficient (Wildman–Crippen LogP) is 3.85. The summed E-state index contributed by atoms with van der Waals surface area (Å²) in [7, 11) is 1.69. The normalized spacial score (nSPS) is 20.1. The molecule has 3 rings (SSSR count). The third kappa shape index (κ3) is 2.68. The minimum Gasteiger partial charge on any atom is -0.497 e. The van der Waals surface area contributed by atoms with E-state index in [1.807, 2.05) is 24.5 Å². The van der Waals surface area contributed by atoms with Crippen molar-refractivity contribution < 1.29 is 4.74 Å². The molecular weight excluding hydrogens is 260 g/mol. The van der Waals surface area contributed by atoms with E-state index in [4.69, 9.17) is 9.73 Å². The zero-order valence-electron chi connectivity index (χ0n) is 12.7. The molecule has 0 N–H and O–H groups in total. The van der Waals surface area contributed by atoms with Crippen LogP contribution in [0.4, 0.5) is 0 Å². The van der Waals surface area contributed by atoms with Crippen molar-refractivity contribution in [2.45, 2.75) is 31.7 Å². The lowest BCUT2D eigenvalue weighted by atomic mass is 9.82. The van der Waals surface area contributed by atoms with E-state index in [1.54, 1.807) is 7.11 Å². The van der Waals surface area contributed by atoms with E-state index in [-0.39, 0.29) is 5.54 Å². The average molecular weight is 280 g/mol. The van der Waals surface area contributed by atoms with Crippen molar-refractivity contribution in [3.63, 3.8) is 0 Å². The SMILES string of the molecule is COc1ccc(C2=NC(C)(C)C(c3ccncc3)C2)cc1. The van der Waals surface area contributed by atoms with Crippen LogP contribution in [0.3, 0.4) is 0 Å². The molecule has 2 heterocycles. The van der Waals surface area contributed by atoms with Crippen molar-refractivity contribution in [2.75, 3.05) is 7.11 Å². The second kappa shape index (κ2) is 5.32. The minimum absolute atomic E-state index is 0.0867. The maximum atomic E-state index is 5.22. The van der Waals surface area contributed by atoms with Crippen LogP contribution in [0.25, 0.3) is 0 Å². The summed E-state index contributed by atoms with van der Waals surface area (Å²) in [5.41, 5.74) is 3.57. The number of methoxy groups -OCH3 is 1. The van der Waals surface area contributed by atoms with Crippen LogP contribution in [0, 0.1) is 0 Å². The monoisotopic (exact) mass is 280 g/mol. The van der Waals surface area contributed by atoms with Crippen molar-refractivity contribution in [1.29, 1.82) is 0 Å². The maximum Gasteiger partial charge on any atom is 0.118 e. The van der Waals surface area contributed by atoms with Crippen molar-refractivity contribution in [1.82, 2.24) is 4.98 Å². The fourth-order valence-corrected chi connectivity index (χ4v) is 3.00. The number of ether oxygens (including phenoxy) is 1. The Morgan fingerprint density at radius 1 is 1.05 bits per heavy atom. The zero-order chi connectivity index (χ0) is 14.9. The van der Waals surface area contributed by atoms with Gasteiger partial charge in [-0.25, -0.2) is 0 Å². The molecule has 0 bridgehead atoms. The molecule has 1 atom stereocenters. The molecule has 0 fully saturated rings. The Morgan fingerprint density at radius 2 is 1.71 bits per heavy atom. The molecule has 3 nitrogen and oxygen atoms in total. The lowest BCUT2D eigenvalue weighted by Gasteiger charge is -2.24. The maximum absolute atomic E-state index is 5.22. The summed E-state index contributed by atoms with van der Waals surface area (Å²) < 4.78 is 5.22. The van der Waals surface area contributed by atoms with Crippen LogP contribution in [0.1, 0.15) is 37.3 Å². The quantitative estimate of drug-likeness (QED) is 0.856. The summed E-state index contributed by atoms with van der Waals surface area (Å²) in [5, 5.41) is 0. The zero-order valence-corrected chi connectivity index (χ0v) is 12.7. The third-order valence-corrected chi connectivity index (χ3v) is 4.21. The molecule has 2 aromatic rings. The number of benzene rings is 1. The Labute approximate surface area is 125 Å². The molecular formula is C18H20N2O. The van der Waals surface area contributed by atoms with Crippen LogP contribution < -0.4 is 4.74 Å². The first-order chi connectivity index (χ1) is 10.1. The van der Waals surface area contributed by atoms with Gasteiger partial charge in [-0.3, -0.25) is 9.98 Å². The van der Waals surface area contributed by atoms with Gasteiger partial charge in [-0.15, -0.1) is 0 Å². The van der Waals surface area contributed by atoms with Crippen molar-refractivity contribution >= 4 is 5.71 Å². The molecule has 0 radical (unpaired) electrons. The highest BCUT2D eigenvalue weighted by Gasteiger charge is 2.37. The number of aromatic nitrogens is 1. The summed E-state index contributed by atoms with van der Waals surface area (Å²) >= 11 is 0. The van der Waals surface area contributed by atoms with Gasteiger partial charge in [-0.2, -0.15) is 0 Å². The molecule has 0 aliphatic carbocycles. The Kier molecular flexibility index (Phi) is 3.50. The van der Waals surface area contributed by atoms with E-state index in [0.717, 1.165) is 12.2 Å². The molecule has 0 spiro atoms. The highest BCUT2D eigenvalue weighted by molar-refractivity contribution is 6.02. The summed E-state index contributed by atoms with van der Waals surface area (Å²) in [5.74, 6) is 1.28. The lowest BCUT2D eigenvalue weighted by Crippen LogP contribution is -2.22. The van der Waals surface area contributed by atoms with Gasteiger partial charge in [0.05, 0.1) is 12.6 Å². The number of hydrogen-bond donors (Lipinski definition) is 0. The van der Waals surface area contributed by atoms with Crippen molar-refractivity contribution in [3.05, 3.63) is 59.9 Å². The Morgan fingerprint density at radius 3 is 2.33 bits per heavy atom. The number of pyridine rings is 1. The molecule has 0 amide bonds. The van der Waals surface area contributed by atoms with Gasteiger partial charge in [0.15, 0.2) is 0 Å². The highest BCUT2D eigenvalue weighted by Crippen LogP contribution is 2.40. The van der Waals surface area contributed by atoms with Gasteiger partial charge in [-0.1, -0.05) is 0 Å². The van der Waals surface area contributed by atoms with Crippen LogP contribution in [-0.2, 0) is 0 Å². The van der Waals surface area contributed by atoms with E-state index in [2.05, 4.69) is 43.1 Å². The van der Waals surface area contributed by atoms with Gasteiger partial charge >= 0.3 is 0 Å². The van der Waals surface area contributed by atoms with Gasteiger partial charge < -0.3 is 4.74 Å². The van der Waals surface area contributed by atoms with Gasteiger partial charge in [0.2, 0.25) is 0 Å². The van der Waals surface area contributed by atoms with E-state index < -0.39 is 0 Å². The van der Waals surface area contributed by atoms with Crippen LogP contribution >= 0.6 is 0 Å². The summed E-state index contributed by atoms with van der Waals surface area (Å²) in [6.45, 7) is 4.41. The average Bonchev–Trinajstić information content (AvgIpc) is 2.84. The van der Waals surface area contributed by atoms with Gasteiger partial charge in [0.1, 0.15) is 5.75 Å². The molecule has 3 heteroatoms. The lowest BCUT2D eigenvalue weighted by molar-refractivity contribution is 0.415. The minimum atomic E-state index is -0.0867. The van der Waals surface area contributed by atoms with Gasteiger partial charge in [0, 0.05) is 24.0 Å². The third-order valence-electron chi connectivity index (χ3n) is 4.21. The van der Waals surface area contributed by atoms with Crippen molar-refractivity contribution in [3.8, 4) is 5.75 Å². The topological polar surface area (TPSA) is 34.5 Å². The number of nitrogens with zero attached hydrogens (tertiary/aromatic N) is 2. The summed E-state index contributed by atoms with van der Waals surface area (Å²) in [6, 6.07) is 12.3. The molecule has 1 unspecified atom stereocenters. The highest BCUT2D eigenvalue weighted by atomic mass is 16.5. The first-order valence-electron chi connectivity index (χ1n) is 7.23. The fraction of sp³-hybridized carbons (Fsp3) is 0.333. The van der Waals surface area contributed by atoms with E-state index in [0.29, 0.717) is 5.92 Å². The number of hydrogen-bond acceptors (Lipinski definition) is 3. The number of rotatable bonds is 3. The molecule has 21 heavy (non-hydrogen) atoms. The second-order valence-corrected chi connectivity index (χ2v) is 5.98. The van der Waals surface area contributed by atoms with E-state index in [9.17, 15) is 0 Å². The smallest absolute Gasteiger partial charge is 0.118 e. The van der Waals surface area contributed by atoms with E-state index >= 15 is 0 Å². The molecule has 0 saturated carbocycles. The van der Waals surface area contributed by atoms with E-state index in [1.165, 1.54) is 16.8 Å². The van der Waals surface area contributed by atoms with Crippen LogP contribution in [-0.4, -0.2) is 23.3 Å². The summed E-state index contributed by atoms with van der Waals surface area (Å²) in [6.07, 6.45) is 4.68. The predicted molar refractivity (Wildman–Crippen MR) is 85.2 cm³/mol. The second-order valence-electron chi connectivity index (χ2n) is 5.98. The number of aliphatic imine (C=N–C) groups is 1. The van der Waals surface area contributed by atoms with Gasteiger partial charge in [-0.05, 0) is 67.8 Å². The largest absolute Gasteiger partial charge is 0.497 e. The molecule has 1 aliphatic heterocycles. The summed E-state index contributed by atoms with van der Waals surface area (Å²) in [4.78, 5) is 9.07. The molecule has 0 saturated heterocycles. The first kappa shape index (κ1) is 13.8. The molecule has 1 aromatic carbocycles. The van der Waals surface area contributed by atoms with Gasteiger partial charge in [0.25, 0.3) is 0 Å². The first-order valence-corrected chi connectivity index (χ1v) is 7.23. The standard InChI is InChI=1S/C18H20N2O/c1-18(2)16(13-8-10-19-11-9-13)12-17(20-18)14-4-6-15(21-3)7-5-14/h4-11,16H,12H2,1-3H3. The molecule has 1 aromatic heterocycles. The van der Waals surface area contributed by atoms with Crippen molar-refractivity contribution in [2.24, 2.45) is 4.99 Å². The Balaban J connectivity index is 1.89.